The Labute approximate surface area is 145 Å². The molecule has 0 radical (unpaired) electrons. The Morgan fingerprint density at radius 1 is 1.33 bits per heavy atom. The molecule has 0 unspecified atom stereocenters. The SMILES string of the molecule is O=C(CCc1cccs1)N1CC[C@H](Oc2cccnc2)[C@@H](O)CC1. The van der Waals surface area contributed by atoms with Crippen molar-refractivity contribution in [3.05, 3.63) is 46.9 Å². The zero-order chi connectivity index (χ0) is 16.8. The highest BCUT2D eigenvalue weighted by Gasteiger charge is 2.28. The van der Waals surface area contributed by atoms with Crippen molar-refractivity contribution in [1.29, 1.82) is 0 Å². The van der Waals surface area contributed by atoms with E-state index in [9.17, 15) is 9.90 Å². The second-order valence-corrected chi connectivity index (χ2v) is 6.98. The molecule has 24 heavy (non-hydrogen) atoms. The molecule has 0 bridgehead atoms. The third kappa shape index (κ3) is 4.55. The van der Waals surface area contributed by atoms with Gasteiger partial charge in [-0.25, -0.2) is 0 Å². The van der Waals surface area contributed by atoms with Gasteiger partial charge in [-0.05, 0) is 36.4 Å². The number of hydrogen-bond acceptors (Lipinski definition) is 5. The Morgan fingerprint density at radius 3 is 2.96 bits per heavy atom. The van der Waals surface area contributed by atoms with E-state index in [1.54, 1.807) is 29.8 Å². The van der Waals surface area contributed by atoms with E-state index in [0.29, 0.717) is 38.1 Å². The summed E-state index contributed by atoms with van der Waals surface area (Å²) in [5.41, 5.74) is 0. The van der Waals surface area contributed by atoms with E-state index in [-0.39, 0.29) is 12.0 Å². The van der Waals surface area contributed by atoms with E-state index in [1.807, 2.05) is 22.4 Å². The standard InChI is InChI=1S/C18H22N2O3S/c21-16-7-10-20(18(22)6-5-15-4-2-12-24-15)11-8-17(16)23-14-3-1-9-19-13-14/h1-4,9,12-13,16-17,21H,5-8,10-11H2/t16-,17-/m0/s1. The number of aryl methyl sites for hydroxylation is 1. The molecule has 0 aromatic carbocycles. The molecule has 1 saturated heterocycles. The maximum absolute atomic E-state index is 12.4. The van der Waals surface area contributed by atoms with Crippen LogP contribution in [0.2, 0.25) is 0 Å². The molecule has 1 aliphatic rings. The molecule has 6 heteroatoms. The molecule has 128 valence electrons. The summed E-state index contributed by atoms with van der Waals surface area (Å²) in [5.74, 6) is 0.802. The van der Waals surface area contributed by atoms with Crippen LogP contribution in [0.25, 0.3) is 0 Å². The number of aliphatic hydroxyl groups is 1. The number of aromatic nitrogens is 1. The van der Waals surface area contributed by atoms with Gasteiger partial charge in [0.1, 0.15) is 11.9 Å². The number of carbonyl (C=O) groups is 1. The smallest absolute Gasteiger partial charge is 0.222 e. The van der Waals surface area contributed by atoms with Crippen LogP contribution < -0.4 is 4.74 Å². The first kappa shape index (κ1) is 16.9. The van der Waals surface area contributed by atoms with Gasteiger partial charge in [0.05, 0.1) is 12.3 Å². The molecule has 1 fully saturated rings. The average molecular weight is 346 g/mol. The molecule has 5 nitrogen and oxygen atoms in total. The molecule has 1 N–H and O–H groups in total. The van der Waals surface area contributed by atoms with Crippen molar-refractivity contribution in [2.24, 2.45) is 0 Å². The predicted octanol–water partition coefficient (Wildman–Crippen LogP) is 2.51. The number of likely N-dealkylation sites (tertiary alicyclic amines) is 1. The number of carbonyl (C=O) groups excluding carboxylic acids is 1. The van der Waals surface area contributed by atoms with Gasteiger partial charge in [0.25, 0.3) is 0 Å². The normalized spacial score (nSPS) is 21.3. The van der Waals surface area contributed by atoms with Crippen molar-refractivity contribution in [2.45, 2.75) is 37.9 Å². The molecule has 2 aromatic rings. The Kier molecular flexibility index (Phi) is 5.82. The fourth-order valence-electron chi connectivity index (χ4n) is 2.88. The predicted molar refractivity (Wildman–Crippen MR) is 93.1 cm³/mol. The van der Waals surface area contributed by atoms with Crippen LogP contribution in [0, 0.1) is 0 Å². The first-order valence-electron chi connectivity index (χ1n) is 8.27. The largest absolute Gasteiger partial charge is 0.486 e. The molecule has 2 atom stereocenters. The van der Waals surface area contributed by atoms with Gasteiger partial charge in [-0.2, -0.15) is 0 Å². The molecule has 0 spiro atoms. The van der Waals surface area contributed by atoms with E-state index in [0.717, 1.165) is 6.42 Å². The average Bonchev–Trinajstić information content (AvgIpc) is 3.06. The summed E-state index contributed by atoms with van der Waals surface area (Å²) in [6, 6.07) is 7.70. The van der Waals surface area contributed by atoms with Gasteiger partial charge in [0.15, 0.2) is 0 Å². The van der Waals surface area contributed by atoms with Crippen LogP contribution in [0.4, 0.5) is 0 Å². The fraction of sp³-hybridized carbons (Fsp3) is 0.444. The summed E-state index contributed by atoms with van der Waals surface area (Å²) in [4.78, 5) is 19.5. The summed E-state index contributed by atoms with van der Waals surface area (Å²) in [6.07, 6.45) is 4.92. The number of amides is 1. The van der Waals surface area contributed by atoms with E-state index in [1.165, 1.54) is 4.88 Å². The monoisotopic (exact) mass is 346 g/mol. The molecule has 0 aliphatic carbocycles. The lowest BCUT2D eigenvalue weighted by atomic mass is 10.1. The third-order valence-corrected chi connectivity index (χ3v) is 5.18. The van der Waals surface area contributed by atoms with Crippen LogP contribution in [-0.2, 0) is 11.2 Å². The van der Waals surface area contributed by atoms with Crippen molar-refractivity contribution < 1.29 is 14.6 Å². The van der Waals surface area contributed by atoms with E-state index < -0.39 is 6.10 Å². The highest BCUT2D eigenvalue weighted by molar-refractivity contribution is 7.09. The Balaban J connectivity index is 1.52. The van der Waals surface area contributed by atoms with Gasteiger partial charge in [0.2, 0.25) is 5.91 Å². The first-order valence-corrected chi connectivity index (χ1v) is 9.15. The van der Waals surface area contributed by atoms with Gasteiger partial charge in [-0.3, -0.25) is 9.78 Å². The molecular weight excluding hydrogens is 324 g/mol. The van der Waals surface area contributed by atoms with E-state index >= 15 is 0 Å². The van der Waals surface area contributed by atoms with Crippen LogP contribution in [0.5, 0.6) is 5.75 Å². The van der Waals surface area contributed by atoms with E-state index in [2.05, 4.69) is 11.1 Å². The topological polar surface area (TPSA) is 62.7 Å². The van der Waals surface area contributed by atoms with Gasteiger partial charge < -0.3 is 14.7 Å². The lowest BCUT2D eigenvalue weighted by molar-refractivity contribution is -0.131. The lowest BCUT2D eigenvalue weighted by Gasteiger charge is -2.21. The third-order valence-electron chi connectivity index (χ3n) is 4.25. The molecule has 3 rings (SSSR count). The summed E-state index contributed by atoms with van der Waals surface area (Å²) in [6.45, 7) is 1.20. The molecule has 3 heterocycles. The maximum Gasteiger partial charge on any atom is 0.222 e. The first-order chi connectivity index (χ1) is 11.7. The van der Waals surface area contributed by atoms with Crippen molar-refractivity contribution in [2.75, 3.05) is 13.1 Å². The van der Waals surface area contributed by atoms with Crippen LogP contribution in [-0.4, -0.2) is 46.2 Å². The van der Waals surface area contributed by atoms with Crippen LogP contribution >= 0.6 is 11.3 Å². The van der Waals surface area contributed by atoms with E-state index in [4.69, 9.17) is 4.74 Å². The summed E-state index contributed by atoms with van der Waals surface area (Å²) in [7, 11) is 0. The number of rotatable bonds is 5. The Bertz CT molecular complexity index is 633. The fourth-order valence-corrected chi connectivity index (χ4v) is 3.59. The Hall–Kier alpha value is -1.92. The second-order valence-electron chi connectivity index (χ2n) is 5.95. The minimum atomic E-state index is -0.569. The Morgan fingerprint density at radius 2 is 2.21 bits per heavy atom. The van der Waals surface area contributed by atoms with Crippen molar-refractivity contribution in [3.8, 4) is 5.75 Å². The van der Waals surface area contributed by atoms with Crippen LogP contribution in [0.3, 0.4) is 0 Å². The van der Waals surface area contributed by atoms with Crippen molar-refractivity contribution >= 4 is 17.2 Å². The number of ether oxygens (including phenoxy) is 1. The van der Waals surface area contributed by atoms with Gasteiger partial charge in [-0.1, -0.05) is 6.07 Å². The summed E-state index contributed by atoms with van der Waals surface area (Å²) >= 11 is 1.68. The van der Waals surface area contributed by atoms with Gasteiger partial charge >= 0.3 is 0 Å². The second kappa shape index (κ2) is 8.26. The number of hydrogen-bond donors (Lipinski definition) is 1. The maximum atomic E-state index is 12.4. The minimum Gasteiger partial charge on any atom is -0.486 e. The number of aliphatic hydroxyl groups excluding tert-OH is 1. The van der Waals surface area contributed by atoms with Crippen LogP contribution in [0.15, 0.2) is 42.0 Å². The molecule has 1 aliphatic heterocycles. The number of nitrogens with zero attached hydrogens (tertiary/aromatic N) is 2. The quantitative estimate of drug-likeness (QED) is 0.904. The number of thiophene rings is 1. The zero-order valence-electron chi connectivity index (χ0n) is 13.5. The highest BCUT2D eigenvalue weighted by Crippen LogP contribution is 2.20. The molecule has 0 saturated carbocycles. The van der Waals surface area contributed by atoms with Gasteiger partial charge in [-0.15, -0.1) is 11.3 Å². The molecular formula is C18H22N2O3S. The highest BCUT2D eigenvalue weighted by atomic mass is 32.1. The van der Waals surface area contributed by atoms with Crippen molar-refractivity contribution in [1.82, 2.24) is 9.88 Å². The summed E-state index contributed by atoms with van der Waals surface area (Å²) in [5, 5.41) is 12.3. The lowest BCUT2D eigenvalue weighted by Crippen LogP contribution is -2.32. The molecule has 1 amide bonds. The van der Waals surface area contributed by atoms with Crippen LogP contribution in [0.1, 0.15) is 24.1 Å². The summed E-state index contributed by atoms with van der Waals surface area (Å²) < 4.78 is 5.85. The van der Waals surface area contributed by atoms with Crippen molar-refractivity contribution in [3.63, 3.8) is 0 Å². The molecule has 2 aromatic heterocycles. The zero-order valence-corrected chi connectivity index (χ0v) is 14.3. The van der Waals surface area contributed by atoms with Gasteiger partial charge in [0, 0.05) is 37.0 Å². The number of pyridine rings is 1. The minimum absolute atomic E-state index is 0.151.